The van der Waals surface area contributed by atoms with E-state index in [1.165, 1.54) is 17.0 Å². The minimum atomic E-state index is -4.65. The molecule has 1 fully saturated rings. The van der Waals surface area contributed by atoms with E-state index in [0.717, 1.165) is 28.6 Å². The summed E-state index contributed by atoms with van der Waals surface area (Å²) >= 11 is 0. The van der Waals surface area contributed by atoms with Crippen LogP contribution in [0.25, 0.3) is 0 Å². The molecule has 1 heterocycles. The van der Waals surface area contributed by atoms with Crippen LogP contribution in [0.1, 0.15) is 21.5 Å². The number of rotatable bonds is 3. The molecular formula is C19H18F4N2O3S. The van der Waals surface area contributed by atoms with Crippen molar-refractivity contribution in [1.29, 1.82) is 0 Å². The van der Waals surface area contributed by atoms with Crippen molar-refractivity contribution in [3.8, 4) is 0 Å². The van der Waals surface area contributed by atoms with Gasteiger partial charge in [0.15, 0.2) is 0 Å². The van der Waals surface area contributed by atoms with Gasteiger partial charge in [-0.1, -0.05) is 12.1 Å². The van der Waals surface area contributed by atoms with Crippen LogP contribution in [0.15, 0.2) is 47.4 Å². The number of hydrogen-bond acceptors (Lipinski definition) is 3. The molecule has 0 unspecified atom stereocenters. The molecule has 2 aromatic rings. The summed E-state index contributed by atoms with van der Waals surface area (Å²) in [5.41, 5.74) is -0.491. The number of alkyl halides is 3. The fourth-order valence-corrected chi connectivity index (χ4v) is 4.49. The Morgan fingerprint density at radius 2 is 1.66 bits per heavy atom. The van der Waals surface area contributed by atoms with Gasteiger partial charge in [0.25, 0.3) is 5.91 Å². The highest BCUT2D eigenvalue weighted by Gasteiger charge is 2.34. The Labute approximate surface area is 165 Å². The Bertz CT molecular complexity index is 1030. The van der Waals surface area contributed by atoms with Crippen LogP contribution >= 0.6 is 0 Å². The zero-order valence-corrected chi connectivity index (χ0v) is 16.2. The number of piperazine rings is 1. The van der Waals surface area contributed by atoms with Gasteiger partial charge in [0.05, 0.1) is 10.5 Å². The summed E-state index contributed by atoms with van der Waals surface area (Å²) in [6, 6.07) is 7.66. The predicted molar refractivity (Wildman–Crippen MR) is 97.2 cm³/mol. The van der Waals surface area contributed by atoms with Crippen LogP contribution in [0.2, 0.25) is 0 Å². The van der Waals surface area contributed by atoms with E-state index in [-0.39, 0.29) is 31.7 Å². The molecule has 1 aliphatic rings. The number of amides is 1. The molecule has 1 saturated heterocycles. The largest absolute Gasteiger partial charge is 0.416 e. The molecule has 1 aliphatic heterocycles. The Hall–Kier alpha value is -2.46. The zero-order valence-electron chi connectivity index (χ0n) is 15.4. The molecule has 0 N–H and O–H groups in total. The third-order valence-electron chi connectivity index (χ3n) is 4.74. The van der Waals surface area contributed by atoms with E-state index in [1.54, 1.807) is 6.92 Å². The summed E-state index contributed by atoms with van der Waals surface area (Å²) in [5.74, 6) is -0.943. The van der Waals surface area contributed by atoms with E-state index in [9.17, 15) is 30.8 Å². The second-order valence-electron chi connectivity index (χ2n) is 6.69. The lowest BCUT2D eigenvalue weighted by molar-refractivity contribution is -0.137. The maximum Gasteiger partial charge on any atom is 0.416 e. The molecule has 5 nitrogen and oxygen atoms in total. The van der Waals surface area contributed by atoms with Crippen molar-refractivity contribution in [2.45, 2.75) is 18.0 Å². The summed E-state index contributed by atoms with van der Waals surface area (Å²) in [4.78, 5) is 13.5. The monoisotopic (exact) mass is 430 g/mol. The molecule has 0 saturated carbocycles. The Morgan fingerprint density at radius 3 is 2.24 bits per heavy atom. The van der Waals surface area contributed by atoms with Crippen molar-refractivity contribution in [2.24, 2.45) is 0 Å². The molecule has 0 aromatic heterocycles. The molecule has 0 spiro atoms. The number of carbonyl (C=O) groups is 1. The van der Waals surface area contributed by atoms with Gasteiger partial charge in [0.2, 0.25) is 10.0 Å². The predicted octanol–water partition coefficient (Wildman–Crippen LogP) is 3.30. The van der Waals surface area contributed by atoms with Crippen molar-refractivity contribution < 1.29 is 30.8 Å². The first-order valence-corrected chi connectivity index (χ1v) is 10.2. The van der Waals surface area contributed by atoms with Crippen LogP contribution in [0.3, 0.4) is 0 Å². The SMILES string of the molecule is Cc1ccc(C(=O)N2CCN(S(=O)(=O)c3cccc(C(F)(F)F)c3)CC2)cc1F. The molecule has 0 aliphatic carbocycles. The van der Waals surface area contributed by atoms with Crippen molar-refractivity contribution in [3.05, 3.63) is 65.0 Å². The van der Waals surface area contributed by atoms with Gasteiger partial charge in [-0.3, -0.25) is 4.79 Å². The summed E-state index contributed by atoms with van der Waals surface area (Å²) in [5, 5.41) is 0. The van der Waals surface area contributed by atoms with E-state index < -0.39 is 38.4 Å². The highest BCUT2D eigenvalue weighted by Crippen LogP contribution is 2.31. The third-order valence-corrected chi connectivity index (χ3v) is 6.64. The molecule has 3 rings (SSSR count). The maximum absolute atomic E-state index is 13.7. The van der Waals surface area contributed by atoms with E-state index >= 15 is 0 Å². The van der Waals surface area contributed by atoms with Crippen molar-refractivity contribution in [2.75, 3.05) is 26.2 Å². The first-order chi connectivity index (χ1) is 13.5. The Kier molecular flexibility index (Phi) is 5.68. The average molecular weight is 430 g/mol. The maximum atomic E-state index is 13.7. The number of hydrogen-bond donors (Lipinski definition) is 0. The average Bonchev–Trinajstić information content (AvgIpc) is 2.69. The molecule has 29 heavy (non-hydrogen) atoms. The van der Waals surface area contributed by atoms with E-state index in [2.05, 4.69) is 0 Å². The number of halogens is 4. The number of benzene rings is 2. The molecule has 10 heteroatoms. The topological polar surface area (TPSA) is 57.7 Å². The minimum absolute atomic E-state index is 0.0481. The van der Waals surface area contributed by atoms with Crippen LogP contribution in [-0.4, -0.2) is 49.7 Å². The second kappa shape index (κ2) is 7.75. The summed E-state index contributed by atoms with van der Waals surface area (Å²) in [6.07, 6.45) is -4.65. The van der Waals surface area contributed by atoms with Crippen LogP contribution in [-0.2, 0) is 16.2 Å². The van der Waals surface area contributed by atoms with Gasteiger partial charge in [-0.2, -0.15) is 17.5 Å². The van der Waals surface area contributed by atoms with Gasteiger partial charge < -0.3 is 4.90 Å². The zero-order chi connectivity index (χ0) is 21.4. The van der Waals surface area contributed by atoms with Gasteiger partial charge in [-0.25, -0.2) is 12.8 Å². The van der Waals surface area contributed by atoms with Crippen molar-refractivity contribution in [1.82, 2.24) is 9.21 Å². The molecule has 156 valence electrons. The highest BCUT2D eigenvalue weighted by molar-refractivity contribution is 7.89. The van der Waals surface area contributed by atoms with Gasteiger partial charge in [-0.15, -0.1) is 0 Å². The van der Waals surface area contributed by atoms with Crippen LogP contribution in [0.5, 0.6) is 0 Å². The van der Waals surface area contributed by atoms with E-state index in [0.29, 0.717) is 11.6 Å². The molecule has 0 atom stereocenters. The lowest BCUT2D eigenvalue weighted by atomic mass is 10.1. The Balaban J connectivity index is 1.73. The lowest BCUT2D eigenvalue weighted by Crippen LogP contribution is -2.50. The van der Waals surface area contributed by atoms with E-state index in [1.807, 2.05) is 0 Å². The Morgan fingerprint density at radius 1 is 1.00 bits per heavy atom. The molecule has 2 aromatic carbocycles. The van der Waals surface area contributed by atoms with Gasteiger partial charge in [0.1, 0.15) is 5.82 Å². The molecular weight excluding hydrogens is 412 g/mol. The molecule has 0 radical (unpaired) electrons. The standard InChI is InChI=1S/C19H18F4N2O3S/c1-13-5-6-14(11-17(13)20)18(26)24-7-9-25(10-8-24)29(27,28)16-4-2-3-15(12-16)19(21,22)23/h2-6,11-12H,7-10H2,1H3. The number of carbonyl (C=O) groups excluding carboxylic acids is 1. The van der Waals surface area contributed by atoms with Crippen LogP contribution in [0.4, 0.5) is 17.6 Å². The number of sulfonamides is 1. The first-order valence-electron chi connectivity index (χ1n) is 8.73. The number of aryl methyl sites for hydroxylation is 1. The van der Waals surface area contributed by atoms with Crippen LogP contribution < -0.4 is 0 Å². The summed E-state index contributed by atoms with van der Waals surface area (Å²) in [7, 11) is -4.14. The van der Waals surface area contributed by atoms with Crippen molar-refractivity contribution >= 4 is 15.9 Å². The first kappa shape index (κ1) is 21.3. The van der Waals surface area contributed by atoms with Gasteiger partial charge in [-0.05, 0) is 42.8 Å². The minimum Gasteiger partial charge on any atom is -0.336 e. The fourth-order valence-electron chi connectivity index (χ4n) is 3.02. The molecule has 1 amide bonds. The van der Waals surface area contributed by atoms with Gasteiger partial charge in [0, 0.05) is 31.7 Å². The van der Waals surface area contributed by atoms with E-state index in [4.69, 9.17) is 0 Å². The highest BCUT2D eigenvalue weighted by atomic mass is 32.2. The van der Waals surface area contributed by atoms with Crippen molar-refractivity contribution in [3.63, 3.8) is 0 Å². The van der Waals surface area contributed by atoms with Crippen LogP contribution in [0, 0.1) is 12.7 Å². The fraction of sp³-hybridized carbons (Fsp3) is 0.316. The summed E-state index contributed by atoms with van der Waals surface area (Å²) in [6.45, 7) is 1.53. The second-order valence-corrected chi connectivity index (χ2v) is 8.62. The third kappa shape index (κ3) is 4.43. The van der Waals surface area contributed by atoms with Gasteiger partial charge >= 0.3 is 6.18 Å². The quantitative estimate of drug-likeness (QED) is 0.703. The normalized spacial score (nSPS) is 16.1. The summed E-state index contributed by atoms with van der Waals surface area (Å²) < 4.78 is 78.8. The lowest BCUT2D eigenvalue weighted by Gasteiger charge is -2.34. The number of nitrogens with zero attached hydrogens (tertiary/aromatic N) is 2. The smallest absolute Gasteiger partial charge is 0.336 e. The molecule has 0 bridgehead atoms.